The van der Waals surface area contributed by atoms with Crippen molar-refractivity contribution in [3.63, 3.8) is 0 Å². The Balaban J connectivity index is 1.95. The Morgan fingerprint density at radius 1 is 1.20 bits per heavy atom. The third-order valence-corrected chi connectivity index (χ3v) is 3.41. The normalized spacial score (nSPS) is 10.1. The zero-order valence-corrected chi connectivity index (χ0v) is 13.6. The van der Waals surface area contributed by atoms with E-state index >= 15 is 0 Å². The number of ether oxygens (including phenoxy) is 2. The van der Waals surface area contributed by atoms with Gasteiger partial charge in [0.2, 0.25) is 0 Å². The van der Waals surface area contributed by atoms with E-state index in [-0.39, 0.29) is 18.1 Å². The molecule has 1 aromatic heterocycles. The van der Waals surface area contributed by atoms with Crippen LogP contribution in [0.4, 0.5) is 0 Å². The average Bonchev–Trinajstić information content (AvgIpc) is 3.12. The molecule has 3 rings (SSSR count). The maximum Gasteiger partial charge on any atom is 0.360 e. The van der Waals surface area contributed by atoms with Gasteiger partial charge >= 0.3 is 5.97 Å². The number of benzene rings is 2. The molecule has 0 saturated carbocycles. The highest BCUT2D eigenvalue weighted by Gasteiger charge is 2.21. The number of aromatic nitrogens is 1. The summed E-state index contributed by atoms with van der Waals surface area (Å²) < 4.78 is 16.1. The zero-order valence-electron chi connectivity index (χ0n) is 13.6. The molecule has 2 aromatic carbocycles. The molecule has 3 aromatic rings. The summed E-state index contributed by atoms with van der Waals surface area (Å²) in [5, 5.41) is 0. The van der Waals surface area contributed by atoms with Crippen LogP contribution in [0.2, 0.25) is 0 Å². The van der Waals surface area contributed by atoms with Crippen molar-refractivity contribution in [2.75, 3.05) is 6.61 Å². The van der Waals surface area contributed by atoms with Gasteiger partial charge in [-0.05, 0) is 37.3 Å². The largest absolute Gasteiger partial charge is 0.461 e. The Hall–Kier alpha value is -3.52. The second-order valence-electron chi connectivity index (χ2n) is 5.02. The number of oxazole rings is 1. The molecule has 5 nitrogen and oxygen atoms in total. The molecule has 0 amide bonds. The van der Waals surface area contributed by atoms with Crippen LogP contribution in [0.25, 0.3) is 11.3 Å². The minimum atomic E-state index is -0.557. The standard InChI is InChI=1S/C20H15NO4/c1-3-14-12-16(25-15-8-6-5-7-9-15)10-11-17(14)19-18(21-13-24-19)20(22)23-4-2/h1,5-13H,4H2,2H3. The predicted octanol–water partition coefficient (Wildman–Crippen LogP) is 4.29. The van der Waals surface area contributed by atoms with Gasteiger partial charge in [0.1, 0.15) is 11.5 Å². The van der Waals surface area contributed by atoms with Crippen LogP contribution in [0, 0.1) is 12.3 Å². The lowest BCUT2D eigenvalue weighted by Crippen LogP contribution is -2.06. The maximum atomic E-state index is 12.0. The second kappa shape index (κ2) is 7.37. The summed E-state index contributed by atoms with van der Waals surface area (Å²) in [7, 11) is 0. The van der Waals surface area contributed by atoms with Crippen molar-refractivity contribution < 1.29 is 18.7 Å². The van der Waals surface area contributed by atoms with Gasteiger partial charge in [0.15, 0.2) is 17.8 Å². The van der Waals surface area contributed by atoms with Crippen molar-refractivity contribution in [2.45, 2.75) is 6.92 Å². The molecule has 0 atom stereocenters. The van der Waals surface area contributed by atoms with Crippen molar-refractivity contribution in [2.24, 2.45) is 0 Å². The van der Waals surface area contributed by atoms with Gasteiger partial charge in [-0.1, -0.05) is 24.1 Å². The fourth-order valence-electron chi connectivity index (χ4n) is 2.31. The lowest BCUT2D eigenvalue weighted by molar-refractivity contribution is 0.0520. The molecule has 0 radical (unpaired) electrons. The number of para-hydroxylation sites is 1. The molecular weight excluding hydrogens is 318 g/mol. The fraction of sp³-hybridized carbons (Fsp3) is 0.100. The van der Waals surface area contributed by atoms with E-state index < -0.39 is 5.97 Å². The van der Waals surface area contributed by atoms with E-state index in [0.29, 0.717) is 22.6 Å². The zero-order chi connectivity index (χ0) is 17.6. The first-order valence-corrected chi connectivity index (χ1v) is 7.67. The smallest absolute Gasteiger partial charge is 0.360 e. The molecule has 0 aliphatic carbocycles. The molecule has 124 valence electrons. The molecule has 25 heavy (non-hydrogen) atoms. The van der Waals surface area contributed by atoms with E-state index in [2.05, 4.69) is 10.9 Å². The maximum absolute atomic E-state index is 12.0. The minimum absolute atomic E-state index is 0.0927. The van der Waals surface area contributed by atoms with E-state index in [0.717, 1.165) is 0 Å². The molecule has 0 fully saturated rings. The van der Waals surface area contributed by atoms with Gasteiger partial charge in [0.05, 0.1) is 6.61 Å². The van der Waals surface area contributed by atoms with Crippen LogP contribution < -0.4 is 4.74 Å². The summed E-state index contributed by atoms with van der Waals surface area (Å²) in [4.78, 5) is 15.9. The second-order valence-corrected chi connectivity index (χ2v) is 5.02. The van der Waals surface area contributed by atoms with E-state index in [9.17, 15) is 4.79 Å². The first-order chi connectivity index (χ1) is 12.2. The number of carbonyl (C=O) groups is 1. The highest BCUT2D eigenvalue weighted by atomic mass is 16.5. The quantitative estimate of drug-likeness (QED) is 0.515. The molecule has 0 unspecified atom stereocenters. The van der Waals surface area contributed by atoms with Crippen LogP contribution in [-0.2, 0) is 4.74 Å². The number of esters is 1. The first-order valence-electron chi connectivity index (χ1n) is 7.67. The molecule has 1 heterocycles. The number of carbonyl (C=O) groups excluding carboxylic acids is 1. The van der Waals surface area contributed by atoms with Gasteiger partial charge in [-0.15, -0.1) is 6.42 Å². The molecule has 0 bridgehead atoms. The van der Waals surface area contributed by atoms with Crippen molar-refractivity contribution in [1.29, 1.82) is 0 Å². The summed E-state index contributed by atoms with van der Waals surface area (Å²) in [6, 6.07) is 14.6. The predicted molar refractivity (Wildman–Crippen MR) is 92.3 cm³/mol. The Kier molecular flexibility index (Phi) is 4.82. The Labute approximate surface area is 145 Å². The van der Waals surface area contributed by atoms with Gasteiger partial charge in [-0.25, -0.2) is 9.78 Å². The number of rotatable bonds is 5. The Morgan fingerprint density at radius 3 is 2.72 bits per heavy atom. The molecule has 0 saturated heterocycles. The number of nitrogens with zero attached hydrogens (tertiary/aromatic N) is 1. The van der Waals surface area contributed by atoms with Crippen molar-refractivity contribution >= 4 is 5.97 Å². The third kappa shape index (κ3) is 3.54. The number of terminal acetylenes is 1. The lowest BCUT2D eigenvalue weighted by atomic mass is 10.0. The number of hydrogen-bond donors (Lipinski definition) is 0. The molecule has 0 aliphatic heterocycles. The average molecular weight is 333 g/mol. The summed E-state index contributed by atoms with van der Waals surface area (Å²) in [5.41, 5.74) is 1.19. The van der Waals surface area contributed by atoms with Gasteiger partial charge < -0.3 is 13.9 Å². The molecule has 5 heteroatoms. The SMILES string of the molecule is C#Cc1cc(Oc2ccccc2)ccc1-c1ocnc1C(=O)OCC. The summed E-state index contributed by atoms with van der Waals surface area (Å²) in [6.07, 6.45) is 6.81. The van der Waals surface area contributed by atoms with Crippen molar-refractivity contribution in [3.8, 4) is 35.2 Å². The monoisotopic (exact) mass is 333 g/mol. The van der Waals surface area contributed by atoms with Crippen LogP contribution in [-0.4, -0.2) is 17.6 Å². The summed E-state index contributed by atoms with van der Waals surface area (Å²) in [5.74, 6) is 3.59. The van der Waals surface area contributed by atoms with Crippen LogP contribution in [0.1, 0.15) is 23.0 Å². The Bertz CT molecular complexity index is 922. The lowest BCUT2D eigenvalue weighted by Gasteiger charge is -2.09. The van der Waals surface area contributed by atoms with Gasteiger partial charge in [0.25, 0.3) is 0 Å². The van der Waals surface area contributed by atoms with Gasteiger partial charge in [0, 0.05) is 11.1 Å². The molecule has 0 spiro atoms. The van der Waals surface area contributed by atoms with Gasteiger partial charge in [-0.3, -0.25) is 0 Å². The van der Waals surface area contributed by atoms with E-state index in [4.69, 9.17) is 20.3 Å². The van der Waals surface area contributed by atoms with Crippen LogP contribution in [0.15, 0.2) is 59.3 Å². The van der Waals surface area contributed by atoms with E-state index in [1.54, 1.807) is 25.1 Å². The summed E-state index contributed by atoms with van der Waals surface area (Å²) in [6.45, 7) is 1.97. The van der Waals surface area contributed by atoms with Crippen molar-refractivity contribution in [1.82, 2.24) is 4.98 Å². The van der Waals surface area contributed by atoms with E-state index in [1.807, 2.05) is 30.3 Å². The van der Waals surface area contributed by atoms with Gasteiger partial charge in [-0.2, -0.15) is 0 Å². The minimum Gasteiger partial charge on any atom is -0.461 e. The summed E-state index contributed by atoms with van der Waals surface area (Å²) >= 11 is 0. The third-order valence-electron chi connectivity index (χ3n) is 3.41. The van der Waals surface area contributed by atoms with Crippen LogP contribution in [0.3, 0.4) is 0 Å². The highest BCUT2D eigenvalue weighted by molar-refractivity contribution is 5.94. The first kappa shape index (κ1) is 16.3. The fourth-order valence-corrected chi connectivity index (χ4v) is 2.31. The molecule has 0 aliphatic rings. The molecule has 0 N–H and O–H groups in total. The van der Waals surface area contributed by atoms with Crippen molar-refractivity contribution in [3.05, 3.63) is 66.2 Å². The van der Waals surface area contributed by atoms with E-state index in [1.165, 1.54) is 6.39 Å². The number of hydrogen-bond acceptors (Lipinski definition) is 5. The topological polar surface area (TPSA) is 61.6 Å². The molecular formula is C20H15NO4. The van der Waals surface area contributed by atoms with Crippen LogP contribution in [0.5, 0.6) is 11.5 Å². The van der Waals surface area contributed by atoms with Crippen LogP contribution >= 0.6 is 0 Å². The Morgan fingerprint density at radius 2 is 2.00 bits per heavy atom. The highest BCUT2D eigenvalue weighted by Crippen LogP contribution is 2.31.